The second-order valence-corrected chi connectivity index (χ2v) is 4.69. The van der Waals surface area contributed by atoms with Crippen LogP contribution >= 0.6 is 0 Å². The predicted molar refractivity (Wildman–Crippen MR) is 84.6 cm³/mol. The Morgan fingerprint density at radius 1 is 1.10 bits per heavy atom. The molecule has 21 heavy (non-hydrogen) atoms. The van der Waals surface area contributed by atoms with Crippen molar-refractivity contribution in [3.8, 4) is 5.75 Å². The maximum atomic E-state index is 12.0. The molecule has 1 unspecified atom stereocenters. The minimum Gasteiger partial charge on any atom is -0.410 e. The van der Waals surface area contributed by atoms with Crippen molar-refractivity contribution in [2.75, 3.05) is 11.9 Å². The molecular formula is C17H20N2O2. The number of para-hydroxylation sites is 2. The molecule has 0 aliphatic rings. The van der Waals surface area contributed by atoms with Gasteiger partial charge in [0.15, 0.2) is 0 Å². The third-order valence-electron chi connectivity index (χ3n) is 3.13. The van der Waals surface area contributed by atoms with Crippen LogP contribution in [0.25, 0.3) is 0 Å². The molecule has 2 aromatic rings. The molecule has 2 aromatic carbocycles. The van der Waals surface area contributed by atoms with Crippen LogP contribution in [0.4, 0.5) is 10.5 Å². The van der Waals surface area contributed by atoms with Gasteiger partial charge in [0.05, 0.1) is 0 Å². The molecule has 0 radical (unpaired) electrons. The Balaban J connectivity index is 2.07. The van der Waals surface area contributed by atoms with Gasteiger partial charge < -0.3 is 10.1 Å². The fourth-order valence-corrected chi connectivity index (χ4v) is 2.14. The Kier molecular flexibility index (Phi) is 5.35. The third-order valence-corrected chi connectivity index (χ3v) is 3.13. The lowest BCUT2D eigenvalue weighted by molar-refractivity contribution is 0.215. The van der Waals surface area contributed by atoms with E-state index < -0.39 is 6.09 Å². The molecule has 0 aliphatic carbocycles. The lowest BCUT2D eigenvalue weighted by Gasteiger charge is -2.17. The van der Waals surface area contributed by atoms with Crippen LogP contribution in [0.2, 0.25) is 0 Å². The van der Waals surface area contributed by atoms with Gasteiger partial charge in [-0.1, -0.05) is 43.3 Å². The largest absolute Gasteiger partial charge is 0.417 e. The van der Waals surface area contributed by atoms with E-state index in [0.717, 1.165) is 17.8 Å². The SMILES string of the molecule is CCNC(C)c1ccccc1NC(=O)Oc1ccccc1. The maximum Gasteiger partial charge on any atom is 0.417 e. The highest BCUT2D eigenvalue weighted by Crippen LogP contribution is 2.22. The lowest BCUT2D eigenvalue weighted by atomic mass is 10.1. The summed E-state index contributed by atoms with van der Waals surface area (Å²) in [6.45, 7) is 4.98. The molecule has 4 nitrogen and oxygen atoms in total. The summed E-state index contributed by atoms with van der Waals surface area (Å²) in [6, 6.07) is 16.9. The van der Waals surface area contributed by atoms with Gasteiger partial charge in [-0.15, -0.1) is 0 Å². The highest BCUT2D eigenvalue weighted by atomic mass is 16.6. The molecule has 0 bridgehead atoms. The first kappa shape index (κ1) is 15.1. The van der Waals surface area contributed by atoms with E-state index in [1.54, 1.807) is 12.1 Å². The van der Waals surface area contributed by atoms with Crippen molar-refractivity contribution in [2.45, 2.75) is 19.9 Å². The Morgan fingerprint density at radius 2 is 1.76 bits per heavy atom. The van der Waals surface area contributed by atoms with Crippen molar-refractivity contribution < 1.29 is 9.53 Å². The second kappa shape index (κ2) is 7.45. The topological polar surface area (TPSA) is 50.4 Å². The molecule has 0 heterocycles. The lowest BCUT2D eigenvalue weighted by Crippen LogP contribution is -2.22. The summed E-state index contributed by atoms with van der Waals surface area (Å²) in [5.41, 5.74) is 1.79. The van der Waals surface area contributed by atoms with Crippen molar-refractivity contribution in [3.05, 3.63) is 60.2 Å². The van der Waals surface area contributed by atoms with Crippen molar-refractivity contribution in [2.24, 2.45) is 0 Å². The highest BCUT2D eigenvalue weighted by molar-refractivity contribution is 5.87. The van der Waals surface area contributed by atoms with Crippen LogP contribution in [0.5, 0.6) is 5.75 Å². The minimum atomic E-state index is -0.489. The van der Waals surface area contributed by atoms with Crippen LogP contribution in [-0.4, -0.2) is 12.6 Å². The van der Waals surface area contributed by atoms with Gasteiger partial charge in [-0.25, -0.2) is 4.79 Å². The fourth-order valence-electron chi connectivity index (χ4n) is 2.14. The van der Waals surface area contributed by atoms with E-state index in [0.29, 0.717) is 5.75 Å². The Hall–Kier alpha value is -2.33. The van der Waals surface area contributed by atoms with Gasteiger partial charge in [-0.3, -0.25) is 5.32 Å². The summed E-state index contributed by atoms with van der Waals surface area (Å²) >= 11 is 0. The van der Waals surface area contributed by atoms with Gasteiger partial charge in [0.2, 0.25) is 0 Å². The Bertz CT molecular complexity index is 584. The standard InChI is InChI=1S/C17H20N2O2/c1-3-18-13(2)15-11-7-8-12-16(15)19-17(20)21-14-9-5-4-6-10-14/h4-13,18H,3H2,1-2H3,(H,19,20). The number of amides is 1. The maximum absolute atomic E-state index is 12.0. The predicted octanol–water partition coefficient (Wildman–Crippen LogP) is 3.97. The number of hydrogen-bond acceptors (Lipinski definition) is 3. The van der Waals surface area contributed by atoms with Crippen LogP contribution in [0.3, 0.4) is 0 Å². The molecule has 2 N–H and O–H groups in total. The summed E-state index contributed by atoms with van der Waals surface area (Å²) in [4.78, 5) is 12.0. The summed E-state index contributed by atoms with van der Waals surface area (Å²) in [5.74, 6) is 0.521. The fraction of sp³-hybridized carbons (Fsp3) is 0.235. The number of nitrogens with one attached hydrogen (secondary N) is 2. The molecule has 4 heteroatoms. The van der Waals surface area contributed by atoms with E-state index in [1.807, 2.05) is 42.5 Å². The van der Waals surface area contributed by atoms with Crippen LogP contribution < -0.4 is 15.4 Å². The average molecular weight is 284 g/mol. The number of ether oxygens (including phenoxy) is 1. The number of benzene rings is 2. The zero-order valence-electron chi connectivity index (χ0n) is 12.3. The molecule has 0 fully saturated rings. The summed E-state index contributed by atoms with van der Waals surface area (Å²) in [7, 11) is 0. The Labute approximate surface area is 125 Å². The normalized spacial score (nSPS) is 11.7. The average Bonchev–Trinajstić information content (AvgIpc) is 2.49. The number of hydrogen-bond donors (Lipinski definition) is 2. The van der Waals surface area contributed by atoms with Gasteiger partial charge in [-0.2, -0.15) is 0 Å². The molecule has 0 aliphatic heterocycles. The van der Waals surface area contributed by atoms with Crippen LogP contribution in [-0.2, 0) is 0 Å². The van der Waals surface area contributed by atoms with E-state index in [2.05, 4.69) is 24.5 Å². The first-order valence-corrected chi connectivity index (χ1v) is 7.07. The molecule has 0 spiro atoms. The number of anilines is 1. The van der Waals surface area contributed by atoms with E-state index in [1.165, 1.54) is 0 Å². The van der Waals surface area contributed by atoms with E-state index in [-0.39, 0.29) is 6.04 Å². The Morgan fingerprint density at radius 3 is 2.48 bits per heavy atom. The first-order chi connectivity index (χ1) is 10.2. The zero-order chi connectivity index (χ0) is 15.1. The molecule has 2 rings (SSSR count). The van der Waals surface area contributed by atoms with Gasteiger partial charge in [0.1, 0.15) is 5.75 Å². The van der Waals surface area contributed by atoms with Gasteiger partial charge in [-0.05, 0) is 37.2 Å². The zero-order valence-corrected chi connectivity index (χ0v) is 12.3. The van der Waals surface area contributed by atoms with E-state index >= 15 is 0 Å². The monoisotopic (exact) mass is 284 g/mol. The van der Waals surface area contributed by atoms with Crippen molar-refractivity contribution in [1.82, 2.24) is 5.32 Å². The second-order valence-electron chi connectivity index (χ2n) is 4.69. The van der Waals surface area contributed by atoms with Crippen LogP contribution in [0.1, 0.15) is 25.5 Å². The summed E-state index contributed by atoms with van der Waals surface area (Å²) < 4.78 is 5.24. The van der Waals surface area contributed by atoms with Crippen LogP contribution in [0.15, 0.2) is 54.6 Å². The molecule has 0 saturated carbocycles. The van der Waals surface area contributed by atoms with Crippen molar-refractivity contribution in [3.63, 3.8) is 0 Å². The third kappa shape index (κ3) is 4.33. The first-order valence-electron chi connectivity index (χ1n) is 7.07. The van der Waals surface area contributed by atoms with E-state index in [4.69, 9.17) is 4.74 Å². The number of carbonyl (C=O) groups is 1. The number of rotatable bonds is 5. The molecule has 110 valence electrons. The number of carbonyl (C=O) groups excluding carboxylic acids is 1. The van der Waals surface area contributed by atoms with Crippen molar-refractivity contribution >= 4 is 11.8 Å². The highest BCUT2D eigenvalue weighted by Gasteiger charge is 2.12. The smallest absolute Gasteiger partial charge is 0.410 e. The molecule has 1 atom stereocenters. The molecule has 0 aromatic heterocycles. The molecule has 0 saturated heterocycles. The quantitative estimate of drug-likeness (QED) is 0.873. The van der Waals surface area contributed by atoms with Crippen molar-refractivity contribution in [1.29, 1.82) is 0 Å². The van der Waals surface area contributed by atoms with Gasteiger partial charge in [0.25, 0.3) is 0 Å². The molecular weight excluding hydrogens is 264 g/mol. The minimum absolute atomic E-state index is 0.156. The van der Waals surface area contributed by atoms with Crippen LogP contribution in [0, 0.1) is 0 Å². The summed E-state index contributed by atoms with van der Waals surface area (Å²) in [6.07, 6.45) is -0.489. The van der Waals surface area contributed by atoms with E-state index in [9.17, 15) is 4.79 Å². The summed E-state index contributed by atoms with van der Waals surface area (Å²) in [5, 5.41) is 6.13. The van der Waals surface area contributed by atoms with Gasteiger partial charge in [0, 0.05) is 11.7 Å². The molecule has 1 amide bonds. The van der Waals surface area contributed by atoms with Gasteiger partial charge >= 0.3 is 6.09 Å².